The lowest BCUT2D eigenvalue weighted by molar-refractivity contribution is 0.224. The molecule has 0 spiro atoms. The minimum Gasteiger partial charge on any atom is -0.489 e. The van der Waals surface area contributed by atoms with Crippen molar-refractivity contribution in [1.29, 1.82) is 0 Å². The molecule has 0 fully saturated rings. The summed E-state index contributed by atoms with van der Waals surface area (Å²) in [4.78, 5) is 5.07. The Hall–Kier alpha value is -1.08. The summed E-state index contributed by atoms with van der Waals surface area (Å²) in [5, 5.41) is 7.03. The quantitative estimate of drug-likeness (QED) is 0.288. The maximum atomic E-state index is 12.1. The number of guanidine groups is 1. The Bertz CT molecular complexity index is 902. The molecule has 7 nitrogen and oxygen atoms in total. The second-order valence-electron chi connectivity index (χ2n) is 6.20. The molecular weight excluding hydrogens is 547 g/mol. The fourth-order valence-corrected chi connectivity index (χ4v) is 4.78. The minimum atomic E-state index is -3.40. The first kappa shape index (κ1) is 26.0. The third-order valence-corrected chi connectivity index (χ3v) is 7.35. The molecule has 0 amide bonds. The van der Waals surface area contributed by atoms with E-state index in [9.17, 15) is 8.42 Å². The third-order valence-electron chi connectivity index (χ3n) is 3.73. The van der Waals surface area contributed by atoms with Gasteiger partial charge in [0.05, 0.1) is 13.1 Å². The topological polar surface area (TPSA) is 83.0 Å². The maximum absolute atomic E-state index is 12.1. The van der Waals surface area contributed by atoms with Crippen molar-refractivity contribution < 1.29 is 13.2 Å². The van der Waals surface area contributed by atoms with E-state index >= 15 is 0 Å². The fourth-order valence-electron chi connectivity index (χ4n) is 2.19. The Labute approximate surface area is 198 Å². The van der Waals surface area contributed by atoms with Gasteiger partial charge in [-0.15, -0.1) is 35.3 Å². The lowest BCUT2D eigenvalue weighted by Crippen LogP contribution is -2.41. The van der Waals surface area contributed by atoms with Gasteiger partial charge in [-0.2, -0.15) is 0 Å². The molecular formula is C18H26ClIN4O3S2. The fraction of sp³-hybridized carbons (Fsp3) is 0.389. The van der Waals surface area contributed by atoms with Crippen LogP contribution >= 0.6 is 46.9 Å². The van der Waals surface area contributed by atoms with Gasteiger partial charge in [0.1, 0.15) is 16.1 Å². The van der Waals surface area contributed by atoms with Gasteiger partial charge in [-0.3, -0.25) is 4.99 Å². The van der Waals surface area contributed by atoms with Crippen LogP contribution < -0.4 is 15.4 Å². The van der Waals surface area contributed by atoms with Crippen molar-refractivity contribution in [2.45, 2.75) is 23.8 Å². The first-order chi connectivity index (χ1) is 13.2. The highest BCUT2D eigenvalue weighted by molar-refractivity contribution is 14.0. The van der Waals surface area contributed by atoms with Crippen molar-refractivity contribution in [3.05, 3.63) is 46.3 Å². The van der Waals surface area contributed by atoms with Gasteiger partial charge in [-0.25, -0.2) is 12.7 Å². The predicted molar refractivity (Wildman–Crippen MR) is 130 cm³/mol. The van der Waals surface area contributed by atoms with Gasteiger partial charge in [-0.1, -0.05) is 11.6 Å². The van der Waals surface area contributed by atoms with E-state index in [1.165, 1.54) is 29.7 Å². The van der Waals surface area contributed by atoms with Crippen LogP contribution in [0.15, 0.2) is 45.6 Å². The average Bonchev–Trinajstić information content (AvgIpc) is 3.13. The summed E-state index contributed by atoms with van der Waals surface area (Å²) >= 11 is 7.11. The van der Waals surface area contributed by atoms with Crippen LogP contribution in [-0.4, -0.2) is 52.5 Å². The number of sulfonamides is 1. The molecule has 0 aliphatic carbocycles. The number of aliphatic imine (C=N–C) groups is 1. The Balaban J connectivity index is 0.00000420. The van der Waals surface area contributed by atoms with E-state index < -0.39 is 10.0 Å². The highest BCUT2D eigenvalue weighted by Gasteiger charge is 2.19. The van der Waals surface area contributed by atoms with Gasteiger partial charge < -0.3 is 15.4 Å². The first-order valence-corrected chi connectivity index (χ1v) is 11.2. The van der Waals surface area contributed by atoms with Crippen LogP contribution in [0.2, 0.25) is 5.02 Å². The summed E-state index contributed by atoms with van der Waals surface area (Å²) in [6.45, 7) is 2.97. The van der Waals surface area contributed by atoms with Crippen molar-refractivity contribution in [1.82, 2.24) is 14.9 Å². The van der Waals surface area contributed by atoms with Crippen molar-refractivity contribution in [3.8, 4) is 5.75 Å². The molecule has 2 aromatic rings. The van der Waals surface area contributed by atoms with Gasteiger partial charge in [0.15, 0.2) is 5.96 Å². The van der Waals surface area contributed by atoms with Crippen LogP contribution in [0.25, 0.3) is 0 Å². The number of nitrogens with zero attached hydrogens (tertiary/aromatic N) is 2. The number of rotatable bonds is 8. The number of thiophene rings is 1. The van der Waals surface area contributed by atoms with Crippen LogP contribution in [0, 0.1) is 0 Å². The zero-order chi connectivity index (χ0) is 20.7. The predicted octanol–water partition coefficient (Wildman–Crippen LogP) is 3.40. The number of ether oxygens (including phenoxy) is 1. The minimum absolute atomic E-state index is 0. The summed E-state index contributed by atoms with van der Waals surface area (Å²) in [5.74, 6) is 1.35. The standard InChI is InChI=1S/C18H25ClN4O3S2.HI/c1-13(26-15-7-5-14(19)6-8-15)11-21-18(20-2)22-12-16-9-10-17(27-16)28(24,25)23(3)4;/h5-10,13H,11-12H2,1-4H3,(H2,20,21,22);1H. The SMILES string of the molecule is CN=C(NCc1ccc(S(=O)(=O)N(C)C)s1)NCC(C)Oc1ccc(Cl)cc1.I. The Kier molecular flexibility index (Phi) is 10.7. The third kappa shape index (κ3) is 7.93. The zero-order valence-electron chi connectivity index (χ0n) is 16.7. The summed E-state index contributed by atoms with van der Waals surface area (Å²) < 4.78 is 31.6. The van der Waals surface area contributed by atoms with E-state index in [2.05, 4.69) is 15.6 Å². The molecule has 1 aromatic heterocycles. The number of hydrogen-bond donors (Lipinski definition) is 2. The molecule has 0 saturated carbocycles. The molecule has 2 N–H and O–H groups in total. The molecule has 11 heteroatoms. The molecule has 1 aromatic carbocycles. The average molecular weight is 573 g/mol. The number of hydrogen-bond acceptors (Lipinski definition) is 5. The highest BCUT2D eigenvalue weighted by atomic mass is 127. The Morgan fingerprint density at radius 1 is 1.21 bits per heavy atom. The van der Waals surface area contributed by atoms with Gasteiger partial charge in [0.2, 0.25) is 0 Å². The van der Waals surface area contributed by atoms with Gasteiger partial charge in [-0.05, 0) is 43.3 Å². The molecule has 0 radical (unpaired) electrons. The van der Waals surface area contributed by atoms with Crippen LogP contribution in [-0.2, 0) is 16.6 Å². The number of benzene rings is 1. The van der Waals surface area contributed by atoms with E-state index in [0.29, 0.717) is 28.3 Å². The van der Waals surface area contributed by atoms with Crippen molar-refractivity contribution in [3.63, 3.8) is 0 Å². The molecule has 1 atom stereocenters. The van der Waals surface area contributed by atoms with Crippen LogP contribution in [0.1, 0.15) is 11.8 Å². The second kappa shape index (κ2) is 11.9. The van der Waals surface area contributed by atoms with Crippen LogP contribution in [0.4, 0.5) is 0 Å². The van der Waals surface area contributed by atoms with Gasteiger partial charge in [0, 0.05) is 31.0 Å². The molecule has 29 heavy (non-hydrogen) atoms. The molecule has 0 bridgehead atoms. The highest BCUT2D eigenvalue weighted by Crippen LogP contribution is 2.23. The molecule has 1 unspecified atom stereocenters. The van der Waals surface area contributed by atoms with Gasteiger partial charge in [0.25, 0.3) is 10.0 Å². The van der Waals surface area contributed by atoms with E-state index in [1.54, 1.807) is 31.3 Å². The second-order valence-corrected chi connectivity index (χ2v) is 10.2. The number of halogens is 2. The molecule has 0 aliphatic heterocycles. The first-order valence-electron chi connectivity index (χ1n) is 8.60. The normalized spacial score (nSPS) is 13.0. The van der Waals surface area contributed by atoms with E-state index in [4.69, 9.17) is 16.3 Å². The van der Waals surface area contributed by atoms with E-state index in [1.807, 2.05) is 19.1 Å². The molecule has 0 aliphatic rings. The van der Waals surface area contributed by atoms with E-state index in [-0.39, 0.29) is 30.1 Å². The molecule has 0 saturated heterocycles. The van der Waals surface area contributed by atoms with Crippen molar-refractivity contribution >= 4 is 62.9 Å². The smallest absolute Gasteiger partial charge is 0.252 e. The van der Waals surface area contributed by atoms with Crippen molar-refractivity contribution in [2.75, 3.05) is 27.7 Å². The molecule has 1 heterocycles. The largest absolute Gasteiger partial charge is 0.489 e. The molecule has 162 valence electrons. The lowest BCUT2D eigenvalue weighted by atomic mass is 10.3. The van der Waals surface area contributed by atoms with Crippen LogP contribution in [0.5, 0.6) is 5.75 Å². The summed E-state index contributed by atoms with van der Waals surface area (Å²) in [5.41, 5.74) is 0. The number of nitrogens with one attached hydrogen (secondary N) is 2. The monoisotopic (exact) mass is 572 g/mol. The Morgan fingerprint density at radius 3 is 2.45 bits per heavy atom. The summed E-state index contributed by atoms with van der Waals surface area (Å²) in [6, 6.07) is 10.6. The van der Waals surface area contributed by atoms with Gasteiger partial charge >= 0.3 is 0 Å². The molecule has 2 rings (SSSR count). The van der Waals surface area contributed by atoms with E-state index in [0.717, 1.165) is 10.6 Å². The summed E-state index contributed by atoms with van der Waals surface area (Å²) in [6.07, 6.45) is -0.0849. The zero-order valence-corrected chi connectivity index (χ0v) is 21.4. The Morgan fingerprint density at radius 2 is 1.86 bits per heavy atom. The van der Waals surface area contributed by atoms with Crippen molar-refractivity contribution in [2.24, 2.45) is 4.99 Å². The summed E-state index contributed by atoms with van der Waals surface area (Å²) in [7, 11) is 1.32. The lowest BCUT2D eigenvalue weighted by Gasteiger charge is -2.17. The maximum Gasteiger partial charge on any atom is 0.252 e. The van der Waals surface area contributed by atoms with Crippen LogP contribution in [0.3, 0.4) is 0 Å².